The molecule has 3 rings (SSSR count). The van der Waals surface area contributed by atoms with Gasteiger partial charge in [0.25, 0.3) is 0 Å². The van der Waals surface area contributed by atoms with Crippen molar-refractivity contribution in [2.75, 3.05) is 4.43 Å². The lowest BCUT2D eigenvalue weighted by Gasteiger charge is -2.54. The van der Waals surface area contributed by atoms with Crippen LogP contribution >= 0.6 is 22.6 Å². The van der Waals surface area contributed by atoms with Crippen molar-refractivity contribution in [1.82, 2.24) is 5.32 Å². The second-order valence-corrected chi connectivity index (χ2v) is 7.72. The topological polar surface area (TPSA) is 75.6 Å². The number of hydrogen-bond donors (Lipinski definition) is 2. The van der Waals surface area contributed by atoms with Gasteiger partial charge >= 0.3 is 5.97 Å². The molecule has 3 aliphatic rings. The van der Waals surface area contributed by atoms with Crippen LogP contribution in [0.15, 0.2) is 12.2 Å². The first-order valence-electron chi connectivity index (χ1n) is 7.93. The number of allylic oxidation sites excluding steroid dienone is 1. The molecule has 122 valence electrons. The predicted molar refractivity (Wildman–Crippen MR) is 89.5 cm³/mol. The molecule has 5 atom stereocenters. The average molecular weight is 419 g/mol. The summed E-state index contributed by atoms with van der Waals surface area (Å²) in [6, 6.07) is 0. The van der Waals surface area contributed by atoms with Gasteiger partial charge in [-0.1, -0.05) is 34.7 Å². The van der Waals surface area contributed by atoms with Gasteiger partial charge in [-0.05, 0) is 43.5 Å². The molecular formula is C16H22INO4. The summed E-state index contributed by atoms with van der Waals surface area (Å²) in [6.07, 6.45) is 7.48. The van der Waals surface area contributed by atoms with Crippen LogP contribution in [0, 0.1) is 11.8 Å². The standard InChI is InChI=1S/C16H22INO4/c1-15-11(8-5-9-17)13(20)18-16(15,14(21)22-15)12(19)10-6-3-2-4-7-10/h3,6,10-12,19H,2,4-5,7-9H2,1H3,(H,18,20)/t10-,11+,12+,15+,16+/m1/s1. The fourth-order valence-electron chi connectivity index (χ4n) is 4.16. The van der Waals surface area contributed by atoms with E-state index in [-0.39, 0.29) is 17.7 Å². The third kappa shape index (κ3) is 2.06. The van der Waals surface area contributed by atoms with Gasteiger partial charge in [-0.3, -0.25) is 4.79 Å². The van der Waals surface area contributed by atoms with Crippen molar-refractivity contribution >= 4 is 34.5 Å². The Morgan fingerprint density at radius 1 is 1.55 bits per heavy atom. The number of halogens is 1. The summed E-state index contributed by atoms with van der Waals surface area (Å²) < 4.78 is 6.39. The third-order valence-corrected chi connectivity index (χ3v) is 6.24. The molecule has 22 heavy (non-hydrogen) atoms. The quantitative estimate of drug-likeness (QED) is 0.308. The zero-order valence-corrected chi connectivity index (χ0v) is 14.8. The number of amides is 1. The van der Waals surface area contributed by atoms with Gasteiger partial charge in [0.1, 0.15) is 0 Å². The number of aliphatic hydroxyl groups is 1. The SMILES string of the molecule is C[C@@]12OC(=O)[C@]1([C@@H](O)[C@@H]1C=CCCC1)NC(=O)[C@@H]2CCCI. The molecule has 0 aromatic heterocycles. The van der Waals surface area contributed by atoms with Gasteiger partial charge in [0.2, 0.25) is 11.4 Å². The Bertz CT molecular complexity index is 522. The normalized spacial score (nSPS) is 41.4. The first kappa shape index (κ1) is 16.2. The van der Waals surface area contributed by atoms with Gasteiger partial charge in [-0.2, -0.15) is 0 Å². The van der Waals surface area contributed by atoms with Crippen molar-refractivity contribution in [2.45, 2.75) is 56.3 Å². The number of nitrogens with one attached hydrogen (secondary N) is 1. The molecule has 2 heterocycles. The Labute approximate surface area is 144 Å². The number of rotatable bonds is 5. The summed E-state index contributed by atoms with van der Waals surface area (Å²) in [4.78, 5) is 24.7. The second kappa shape index (κ2) is 5.78. The van der Waals surface area contributed by atoms with Crippen LogP contribution in [0.4, 0.5) is 0 Å². The van der Waals surface area contributed by atoms with Crippen LogP contribution in [0.25, 0.3) is 0 Å². The molecular weight excluding hydrogens is 397 g/mol. The lowest BCUT2D eigenvalue weighted by Crippen LogP contribution is -2.80. The third-order valence-electron chi connectivity index (χ3n) is 5.48. The molecule has 1 aliphatic carbocycles. The summed E-state index contributed by atoms with van der Waals surface area (Å²) >= 11 is 2.27. The van der Waals surface area contributed by atoms with Crippen molar-refractivity contribution in [3.63, 3.8) is 0 Å². The Kier molecular flexibility index (Phi) is 4.26. The van der Waals surface area contributed by atoms with Gasteiger partial charge in [0.05, 0.1) is 12.0 Å². The van der Waals surface area contributed by atoms with Gasteiger partial charge in [0.15, 0.2) is 5.60 Å². The number of hydrogen-bond acceptors (Lipinski definition) is 4. The summed E-state index contributed by atoms with van der Waals surface area (Å²) in [6.45, 7) is 1.79. The molecule has 0 bridgehead atoms. The number of aliphatic hydroxyl groups excluding tert-OH is 1. The molecule has 6 heteroatoms. The highest BCUT2D eigenvalue weighted by molar-refractivity contribution is 14.1. The molecule has 2 saturated heterocycles. The van der Waals surface area contributed by atoms with Crippen LogP contribution in [0.5, 0.6) is 0 Å². The van der Waals surface area contributed by atoms with E-state index in [0.717, 1.165) is 30.1 Å². The lowest BCUT2D eigenvalue weighted by atomic mass is 9.64. The first-order chi connectivity index (χ1) is 10.5. The number of ether oxygens (including phenoxy) is 1. The number of carbonyl (C=O) groups excluding carboxylic acids is 2. The van der Waals surface area contributed by atoms with Crippen LogP contribution in [0.2, 0.25) is 0 Å². The molecule has 2 aliphatic heterocycles. The number of alkyl halides is 1. The Balaban J connectivity index is 1.90. The van der Waals surface area contributed by atoms with Crippen LogP contribution in [0.1, 0.15) is 39.0 Å². The molecule has 0 radical (unpaired) electrons. The average Bonchev–Trinajstić information content (AvgIpc) is 2.69. The zero-order chi connectivity index (χ0) is 16.0. The van der Waals surface area contributed by atoms with Crippen LogP contribution < -0.4 is 5.32 Å². The molecule has 0 saturated carbocycles. The molecule has 0 aromatic rings. The number of carbonyl (C=O) groups is 2. The highest BCUT2D eigenvalue weighted by atomic mass is 127. The van der Waals surface area contributed by atoms with Crippen molar-refractivity contribution in [1.29, 1.82) is 0 Å². The van der Waals surface area contributed by atoms with E-state index in [1.165, 1.54) is 0 Å². The van der Waals surface area contributed by atoms with E-state index in [1.54, 1.807) is 6.92 Å². The van der Waals surface area contributed by atoms with E-state index in [0.29, 0.717) is 6.42 Å². The summed E-state index contributed by atoms with van der Waals surface area (Å²) in [5.41, 5.74) is -2.20. The van der Waals surface area contributed by atoms with E-state index < -0.39 is 23.2 Å². The Morgan fingerprint density at radius 2 is 2.32 bits per heavy atom. The van der Waals surface area contributed by atoms with Crippen molar-refractivity contribution in [3.8, 4) is 0 Å². The maximum absolute atomic E-state index is 12.4. The van der Waals surface area contributed by atoms with Gasteiger partial charge < -0.3 is 15.2 Å². The minimum absolute atomic E-state index is 0.107. The smallest absolute Gasteiger partial charge is 0.339 e. The molecule has 2 N–H and O–H groups in total. The van der Waals surface area contributed by atoms with E-state index >= 15 is 0 Å². The van der Waals surface area contributed by atoms with Crippen LogP contribution in [-0.4, -0.2) is 38.7 Å². The molecule has 2 fully saturated rings. The molecule has 0 unspecified atom stereocenters. The molecule has 1 amide bonds. The lowest BCUT2D eigenvalue weighted by molar-refractivity contribution is -0.238. The molecule has 0 spiro atoms. The van der Waals surface area contributed by atoms with Crippen molar-refractivity contribution in [2.24, 2.45) is 11.8 Å². The minimum atomic E-state index is -1.27. The van der Waals surface area contributed by atoms with Crippen LogP contribution in [-0.2, 0) is 14.3 Å². The highest BCUT2D eigenvalue weighted by Gasteiger charge is 2.79. The van der Waals surface area contributed by atoms with Gasteiger partial charge in [-0.15, -0.1) is 0 Å². The maximum atomic E-state index is 12.4. The molecule has 0 aromatic carbocycles. The summed E-state index contributed by atoms with van der Waals surface area (Å²) in [7, 11) is 0. The van der Waals surface area contributed by atoms with Crippen molar-refractivity contribution < 1.29 is 19.4 Å². The Hall–Kier alpha value is -0.630. The first-order valence-corrected chi connectivity index (χ1v) is 9.46. The Morgan fingerprint density at radius 3 is 2.91 bits per heavy atom. The van der Waals surface area contributed by atoms with Gasteiger partial charge in [0, 0.05) is 5.92 Å². The van der Waals surface area contributed by atoms with Gasteiger partial charge in [-0.25, -0.2) is 4.79 Å². The maximum Gasteiger partial charge on any atom is 0.339 e. The minimum Gasteiger partial charge on any atom is -0.453 e. The fraction of sp³-hybridized carbons (Fsp3) is 0.750. The predicted octanol–water partition coefficient (Wildman–Crippen LogP) is 1.72. The largest absolute Gasteiger partial charge is 0.453 e. The second-order valence-electron chi connectivity index (χ2n) is 6.65. The van der Waals surface area contributed by atoms with E-state index in [4.69, 9.17) is 4.74 Å². The zero-order valence-electron chi connectivity index (χ0n) is 12.7. The highest BCUT2D eigenvalue weighted by Crippen LogP contribution is 2.53. The number of esters is 1. The monoisotopic (exact) mass is 419 g/mol. The summed E-state index contributed by atoms with van der Waals surface area (Å²) in [5, 5.41) is 13.7. The fourth-order valence-corrected chi connectivity index (χ4v) is 4.60. The molecule has 5 nitrogen and oxygen atoms in total. The van der Waals surface area contributed by atoms with E-state index in [1.807, 2.05) is 12.2 Å². The summed E-state index contributed by atoms with van der Waals surface area (Å²) in [5.74, 6) is -1.14. The van der Waals surface area contributed by atoms with Crippen LogP contribution in [0.3, 0.4) is 0 Å². The van der Waals surface area contributed by atoms with Crippen molar-refractivity contribution in [3.05, 3.63) is 12.2 Å². The van der Waals surface area contributed by atoms with E-state index in [2.05, 4.69) is 27.9 Å². The number of fused-ring (bicyclic) bond motifs is 1. The van der Waals surface area contributed by atoms with E-state index in [9.17, 15) is 14.7 Å².